The molecule has 1 aromatic heterocycles. The van der Waals surface area contributed by atoms with Gasteiger partial charge in [-0.3, -0.25) is 4.72 Å². The van der Waals surface area contributed by atoms with Crippen LogP contribution in [0.25, 0.3) is 11.0 Å². The van der Waals surface area contributed by atoms with Gasteiger partial charge in [0.05, 0.1) is 21.6 Å². The first-order valence-electron chi connectivity index (χ1n) is 6.50. The van der Waals surface area contributed by atoms with Gasteiger partial charge >= 0.3 is 0 Å². The predicted molar refractivity (Wildman–Crippen MR) is 82.8 cm³/mol. The number of rotatable bonds is 3. The summed E-state index contributed by atoms with van der Waals surface area (Å²) in [6, 6.07) is 12.1. The number of H-pyrrole nitrogens is 1. The Morgan fingerprint density at radius 2 is 1.86 bits per heavy atom. The van der Waals surface area contributed by atoms with Crippen molar-refractivity contribution < 1.29 is 8.42 Å². The molecular formula is C15H15N3O2S. The summed E-state index contributed by atoms with van der Waals surface area (Å²) in [5, 5.41) is 0. The summed E-state index contributed by atoms with van der Waals surface area (Å²) >= 11 is 0. The first kappa shape index (κ1) is 13.6. The van der Waals surface area contributed by atoms with Gasteiger partial charge < -0.3 is 4.98 Å². The molecule has 6 heteroatoms. The molecular weight excluding hydrogens is 286 g/mol. The molecule has 0 saturated carbocycles. The van der Waals surface area contributed by atoms with Crippen molar-refractivity contribution in [3.05, 3.63) is 53.9 Å². The molecule has 3 rings (SSSR count). The van der Waals surface area contributed by atoms with Crippen molar-refractivity contribution in [2.75, 3.05) is 4.72 Å². The molecule has 0 fully saturated rings. The number of hydrogen-bond donors (Lipinski definition) is 2. The average Bonchev–Trinajstić information content (AvgIpc) is 2.78. The number of nitrogens with one attached hydrogen (secondary N) is 2. The van der Waals surface area contributed by atoms with Gasteiger partial charge in [0.1, 0.15) is 5.82 Å². The third kappa shape index (κ3) is 2.62. The van der Waals surface area contributed by atoms with Crippen molar-refractivity contribution in [2.45, 2.75) is 18.7 Å². The molecule has 0 bridgehead atoms. The molecule has 0 spiro atoms. The third-order valence-electron chi connectivity index (χ3n) is 3.24. The van der Waals surface area contributed by atoms with E-state index in [9.17, 15) is 8.42 Å². The second-order valence-electron chi connectivity index (χ2n) is 4.93. The Morgan fingerprint density at radius 1 is 1.10 bits per heavy atom. The number of anilines is 1. The van der Waals surface area contributed by atoms with E-state index >= 15 is 0 Å². The fourth-order valence-electron chi connectivity index (χ4n) is 2.27. The van der Waals surface area contributed by atoms with Gasteiger partial charge in [-0.15, -0.1) is 0 Å². The van der Waals surface area contributed by atoms with Gasteiger partial charge in [0.2, 0.25) is 0 Å². The Hall–Kier alpha value is -2.34. The molecule has 0 aliphatic heterocycles. The van der Waals surface area contributed by atoms with Gasteiger partial charge in [-0.2, -0.15) is 0 Å². The topological polar surface area (TPSA) is 74.8 Å². The lowest BCUT2D eigenvalue weighted by atomic mass is 10.2. The van der Waals surface area contributed by atoms with E-state index in [0.29, 0.717) is 11.3 Å². The molecule has 0 unspecified atom stereocenters. The molecule has 0 atom stereocenters. The number of fused-ring (bicyclic) bond motifs is 1. The molecule has 2 aromatic carbocycles. The minimum absolute atomic E-state index is 0.283. The Labute approximate surface area is 123 Å². The highest BCUT2D eigenvalue weighted by atomic mass is 32.2. The van der Waals surface area contributed by atoms with Gasteiger partial charge in [-0.25, -0.2) is 13.4 Å². The quantitative estimate of drug-likeness (QED) is 0.781. The zero-order chi connectivity index (χ0) is 15.0. The van der Waals surface area contributed by atoms with E-state index in [1.54, 1.807) is 43.3 Å². The van der Waals surface area contributed by atoms with E-state index in [1.807, 2.05) is 13.0 Å². The zero-order valence-electron chi connectivity index (χ0n) is 11.7. The lowest BCUT2D eigenvalue weighted by Gasteiger charge is -2.10. The molecule has 1 heterocycles. The number of benzene rings is 2. The smallest absolute Gasteiger partial charge is 0.262 e. The summed E-state index contributed by atoms with van der Waals surface area (Å²) < 4.78 is 27.5. The van der Waals surface area contributed by atoms with Crippen LogP contribution < -0.4 is 4.72 Å². The summed E-state index contributed by atoms with van der Waals surface area (Å²) in [4.78, 5) is 7.66. The van der Waals surface area contributed by atoms with Crippen molar-refractivity contribution in [3.8, 4) is 0 Å². The molecule has 0 amide bonds. The van der Waals surface area contributed by atoms with Gasteiger partial charge in [-0.05, 0) is 43.7 Å². The number of nitrogens with zero attached hydrogens (tertiary/aromatic N) is 1. The molecule has 21 heavy (non-hydrogen) atoms. The van der Waals surface area contributed by atoms with Gasteiger partial charge in [0.15, 0.2) is 0 Å². The normalized spacial score (nSPS) is 11.7. The van der Waals surface area contributed by atoms with E-state index in [4.69, 9.17) is 0 Å². The van der Waals surface area contributed by atoms with Gasteiger partial charge in [0.25, 0.3) is 10.0 Å². The first-order chi connectivity index (χ1) is 9.95. The second kappa shape index (κ2) is 4.89. The standard InChI is InChI=1S/C15H15N3O2S/c1-10-5-3-4-6-15(10)21(19,20)18-12-7-8-13-14(9-12)17-11(2)16-13/h3-9,18H,1-2H3,(H,16,17). The number of aromatic amines is 1. The van der Waals surface area contributed by atoms with E-state index in [-0.39, 0.29) is 4.90 Å². The highest BCUT2D eigenvalue weighted by Gasteiger charge is 2.16. The number of aromatic nitrogens is 2. The highest BCUT2D eigenvalue weighted by Crippen LogP contribution is 2.22. The van der Waals surface area contributed by atoms with Gasteiger partial charge in [-0.1, -0.05) is 18.2 Å². The molecule has 5 nitrogen and oxygen atoms in total. The summed E-state index contributed by atoms with van der Waals surface area (Å²) in [7, 11) is -3.59. The molecule has 0 aliphatic rings. The number of aryl methyl sites for hydroxylation is 2. The van der Waals surface area contributed by atoms with Crippen LogP contribution in [0.5, 0.6) is 0 Å². The first-order valence-corrected chi connectivity index (χ1v) is 7.99. The van der Waals surface area contributed by atoms with Crippen molar-refractivity contribution in [3.63, 3.8) is 0 Å². The number of imidazole rings is 1. The lowest BCUT2D eigenvalue weighted by Crippen LogP contribution is -2.14. The molecule has 3 aromatic rings. The van der Waals surface area contributed by atoms with Crippen molar-refractivity contribution in [1.29, 1.82) is 0 Å². The average molecular weight is 301 g/mol. The largest absolute Gasteiger partial charge is 0.342 e. The predicted octanol–water partition coefficient (Wildman–Crippen LogP) is 2.98. The van der Waals surface area contributed by atoms with Crippen LogP contribution in [0.2, 0.25) is 0 Å². The Morgan fingerprint density at radius 3 is 2.62 bits per heavy atom. The van der Waals surface area contributed by atoms with Crippen LogP contribution in [0.4, 0.5) is 5.69 Å². The van der Waals surface area contributed by atoms with E-state index in [1.165, 1.54) is 0 Å². The SMILES string of the molecule is Cc1nc2ccc(NS(=O)(=O)c3ccccc3C)cc2[nH]1. The molecule has 0 radical (unpaired) electrons. The highest BCUT2D eigenvalue weighted by molar-refractivity contribution is 7.92. The monoisotopic (exact) mass is 301 g/mol. The summed E-state index contributed by atoms with van der Waals surface area (Å²) in [6.45, 7) is 3.63. The number of sulfonamides is 1. The lowest BCUT2D eigenvalue weighted by molar-refractivity contribution is 0.600. The second-order valence-corrected chi connectivity index (χ2v) is 6.58. The minimum atomic E-state index is -3.59. The molecule has 108 valence electrons. The maximum atomic E-state index is 12.4. The zero-order valence-corrected chi connectivity index (χ0v) is 12.5. The Bertz CT molecular complexity index is 914. The third-order valence-corrected chi connectivity index (χ3v) is 4.78. The Balaban J connectivity index is 1.99. The van der Waals surface area contributed by atoms with Crippen LogP contribution in [0.1, 0.15) is 11.4 Å². The van der Waals surface area contributed by atoms with Crippen LogP contribution in [-0.2, 0) is 10.0 Å². The Kier molecular flexibility index (Phi) is 3.17. The van der Waals surface area contributed by atoms with Gasteiger partial charge in [0, 0.05) is 0 Å². The fraction of sp³-hybridized carbons (Fsp3) is 0.133. The molecule has 0 aliphatic carbocycles. The van der Waals surface area contributed by atoms with E-state index in [2.05, 4.69) is 14.7 Å². The fourth-order valence-corrected chi connectivity index (χ4v) is 3.57. The summed E-state index contributed by atoms with van der Waals surface area (Å²) in [5.41, 5.74) is 2.83. The minimum Gasteiger partial charge on any atom is -0.342 e. The van der Waals surface area contributed by atoms with Crippen LogP contribution in [0, 0.1) is 13.8 Å². The van der Waals surface area contributed by atoms with Crippen LogP contribution in [-0.4, -0.2) is 18.4 Å². The maximum Gasteiger partial charge on any atom is 0.262 e. The summed E-state index contributed by atoms with van der Waals surface area (Å²) in [6.07, 6.45) is 0. The van der Waals surface area contributed by atoms with Crippen LogP contribution in [0.15, 0.2) is 47.4 Å². The van der Waals surface area contributed by atoms with Crippen molar-refractivity contribution >= 4 is 26.7 Å². The van der Waals surface area contributed by atoms with Crippen LogP contribution >= 0.6 is 0 Å². The maximum absolute atomic E-state index is 12.4. The molecule has 2 N–H and O–H groups in total. The summed E-state index contributed by atoms with van der Waals surface area (Å²) in [5.74, 6) is 0.795. The van der Waals surface area contributed by atoms with Crippen molar-refractivity contribution in [1.82, 2.24) is 9.97 Å². The van der Waals surface area contributed by atoms with E-state index < -0.39 is 10.0 Å². The van der Waals surface area contributed by atoms with E-state index in [0.717, 1.165) is 16.9 Å². The number of hydrogen-bond acceptors (Lipinski definition) is 3. The van der Waals surface area contributed by atoms with Crippen LogP contribution in [0.3, 0.4) is 0 Å². The van der Waals surface area contributed by atoms with Crippen molar-refractivity contribution in [2.24, 2.45) is 0 Å². The molecule has 0 saturated heterocycles.